The average molecular weight is 303 g/mol. The second-order valence-corrected chi connectivity index (χ2v) is 5.67. The van der Waals surface area contributed by atoms with E-state index in [9.17, 15) is 4.79 Å². The van der Waals surface area contributed by atoms with Crippen molar-refractivity contribution in [3.63, 3.8) is 0 Å². The van der Waals surface area contributed by atoms with Crippen LogP contribution in [0.5, 0.6) is 0 Å². The molecule has 4 heteroatoms. The molecule has 0 aromatic heterocycles. The molecule has 2 aromatic rings. The fraction of sp³-hybridized carbons (Fsp3) is 0.235. The van der Waals surface area contributed by atoms with E-state index in [0.29, 0.717) is 16.5 Å². The van der Waals surface area contributed by atoms with Gasteiger partial charge in [0.15, 0.2) is 0 Å². The maximum Gasteiger partial charge on any atom is 0.265 e. The largest absolute Gasteiger partial charge is 0.287 e. The molecule has 0 saturated heterocycles. The Labute approximate surface area is 130 Å². The first-order valence-corrected chi connectivity index (χ1v) is 7.32. The highest BCUT2D eigenvalue weighted by molar-refractivity contribution is 6.30. The van der Waals surface area contributed by atoms with E-state index in [1.807, 2.05) is 42.5 Å². The molecule has 1 amide bonds. The van der Waals surface area contributed by atoms with Gasteiger partial charge in [-0.3, -0.25) is 10.2 Å². The topological polar surface area (TPSA) is 41.1 Å². The summed E-state index contributed by atoms with van der Waals surface area (Å²) >= 11 is 5.91. The molecule has 0 aliphatic heterocycles. The number of carbonyl (C=O) groups excluding carboxylic acids is 1. The van der Waals surface area contributed by atoms with E-state index < -0.39 is 0 Å². The van der Waals surface area contributed by atoms with Crippen molar-refractivity contribution >= 4 is 17.5 Å². The van der Waals surface area contributed by atoms with Gasteiger partial charge in [-0.2, -0.15) is 0 Å². The molecule has 3 nitrogen and oxygen atoms in total. The molecule has 2 aromatic carbocycles. The van der Waals surface area contributed by atoms with Gasteiger partial charge in [0.05, 0.1) is 6.04 Å². The van der Waals surface area contributed by atoms with Gasteiger partial charge in [0.1, 0.15) is 0 Å². The fourth-order valence-corrected chi connectivity index (χ4v) is 2.24. The number of hydrogen-bond acceptors (Lipinski definition) is 2. The maximum atomic E-state index is 12.1. The number of hydrazine groups is 1. The van der Waals surface area contributed by atoms with Gasteiger partial charge >= 0.3 is 0 Å². The molecule has 0 fully saturated rings. The van der Waals surface area contributed by atoms with Crippen molar-refractivity contribution in [2.75, 3.05) is 0 Å². The Bertz CT molecular complexity index is 581. The predicted octanol–water partition coefficient (Wildman–Crippen LogP) is 3.97. The van der Waals surface area contributed by atoms with Crippen LogP contribution in [0.1, 0.15) is 35.8 Å². The zero-order chi connectivity index (χ0) is 15.2. The van der Waals surface area contributed by atoms with Crippen molar-refractivity contribution in [1.82, 2.24) is 10.9 Å². The highest BCUT2D eigenvalue weighted by Crippen LogP contribution is 2.22. The van der Waals surface area contributed by atoms with Crippen LogP contribution in [0.3, 0.4) is 0 Å². The minimum Gasteiger partial charge on any atom is -0.287 e. The maximum absolute atomic E-state index is 12.1. The van der Waals surface area contributed by atoms with Crippen LogP contribution in [-0.2, 0) is 0 Å². The number of hydrogen-bond donors (Lipinski definition) is 2. The number of nitrogens with one attached hydrogen (secondary N) is 2. The molecule has 0 unspecified atom stereocenters. The van der Waals surface area contributed by atoms with E-state index in [-0.39, 0.29) is 11.9 Å². The normalized spacial score (nSPS) is 12.2. The zero-order valence-corrected chi connectivity index (χ0v) is 12.9. The number of halogens is 1. The third-order valence-corrected chi connectivity index (χ3v) is 3.52. The molecule has 0 radical (unpaired) electrons. The first-order chi connectivity index (χ1) is 10.1. The van der Waals surface area contributed by atoms with Gasteiger partial charge in [-0.05, 0) is 35.7 Å². The van der Waals surface area contributed by atoms with Crippen LogP contribution in [0.15, 0.2) is 54.6 Å². The quantitative estimate of drug-likeness (QED) is 0.821. The van der Waals surface area contributed by atoms with Crippen molar-refractivity contribution < 1.29 is 4.79 Å². The van der Waals surface area contributed by atoms with Gasteiger partial charge in [0.25, 0.3) is 5.91 Å². The molecule has 0 heterocycles. The van der Waals surface area contributed by atoms with Gasteiger partial charge < -0.3 is 0 Å². The Morgan fingerprint density at radius 2 is 1.62 bits per heavy atom. The molecular formula is C17H19ClN2O. The van der Waals surface area contributed by atoms with E-state index in [4.69, 9.17) is 11.6 Å². The summed E-state index contributed by atoms with van der Waals surface area (Å²) in [7, 11) is 0. The van der Waals surface area contributed by atoms with Gasteiger partial charge in [0.2, 0.25) is 0 Å². The molecule has 0 bridgehead atoms. The number of amides is 1. The fourth-order valence-electron chi connectivity index (χ4n) is 2.11. The van der Waals surface area contributed by atoms with E-state index in [0.717, 1.165) is 5.56 Å². The first kappa shape index (κ1) is 15.5. The summed E-state index contributed by atoms with van der Waals surface area (Å²) in [4.78, 5) is 12.1. The summed E-state index contributed by atoms with van der Waals surface area (Å²) in [6.45, 7) is 4.20. The Kier molecular flexibility index (Phi) is 5.37. The number of carbonyl (C=O) groups is 1. The van der Waals surface area contributed by atoms with Gasteiger partial charge in [-0.1, -0.05) is 55.8 Å². The minimum absolute atomic E-state index is 0.0231. The van der Waals surface area contributed by atoms with E-state index in [1.165, 1.54) is 0 Å². The average Bonchev–Trinajstić information content (AvgIpc) is 2.49. The molecule has 2 rings (SSSR count). The van der Waals surface area contributed by atoms with Crippen molar-refractivity contribution in [3.8, 4) is 0 Å². The zero-order valence-electron chi connectivity index (χ0n) is 12.1. The Balaban J connectivity index is 2.04. The van der Waals surface area contributed by atoms with Crippen LogP contribution in [-0.4, -0.2) is 5.91 Å². The summed E-state index contributed by atoms with van der Waals surface area (Å²) in [6, 6.07) is 16.8. The molecule has 0 aliphatic carbocycles. The predicted molar refractivity (Wildman–Crippen MR) is 86.1 cm³/mol. The standard InChI is InChI=1S/C17H19ClN2O/c1-12(2)16(13-8-10-15(18)11-9-13)19-20-17(21)14-6-4-3-5-7-14/h3-12,16,19H,1-2H3,(H,20,21)/t16-/m0/s1. The lowest BCUT2D eigenvalue weighted by Gasteiger charge is -2.23. The van der Waals surface area contributed by atoms with Gasteiger partial charge in [-0.15, -0.1) is 0 Å². The van der Waals surface area contributed by atoms with Crippen LogP contribution < -0.4 is 10.9 Å². The highest BCUT2D eigenvalue weighted by Gasteiger charge is 2.16. The van der Waals surface area contributed by atoms with Crippen LogP contribution in [0.2, 0.25) is 5.02 Å². The van der Waals surface area contributed by atoms with E-state index in [1.54, 1.807) is 12.1 Å². The first-order valence-electron chi connectivity index (χ1n) is 6.94. The van der Waals surface area contributed by atoms with Crippen molar-refractivity contribution in [2.24, 2.45) is 5.92 Å². The minimum atomic E-state index is -0.143. The third kappa shape index (κ3) is 4.31. The Morgan fingerprint density at radius 1 is 1.00 bits per heavy atom. The molecule has 0 saturated carbocycles. The molecule has 0 spiro atoms. The summed E-state index contributed by atoms with van der Waals surface area (Å²) in [6.07, 6.45) is 0. The molecule has 110 valence electrons. The summed E-state index contributed by atoms with van der Waals surface area (Å²) in [5, 5.41) is 0.703. The number of benzene rings is 2. The van der Waals surface area contributed by atoms with Gasteiger partial charge in [-0.25, -0.2) is 5.43 Å². The lowest BCUT2D eigenvalue weighted by atomic mass is 9.97. The Morgan fingerprint density at radius 3 is 2.19 bits per heavy atom. The van der Waals surface area contributed by atoms with Gasteiger partial charge in [0, 0.05) is 10.6 Å². The van der Waals surface area contributed by atoms with Crippen molar-refractivity contribution in [3.05, 3.63) is 70.7 Å². The Hall–Kier alpha value is -1.84. The molecule has 2 N–H and O–H groups in total. The monoisotopic (exact) mass is 302 g/mol. The molecule has 21 heavy (non-hydrogen) atoms. The lowest BCUT2D eigenvalue weighted by molar-refractivity contribution is 0.0919. The van der Waals surface area contributed by atoms with Crippen LogP contribution in [0.4, 0.5) is 0 Å². The second-order valence-electron chi connectivity index (χ2n) is 5.24. The van der Waals surface area contributed by atoms with E-state index >= 15 is 0 Å². The van der Waals surface area contributed by atoms with E-state index in [2.05, 4.69) is 24.7 Å². The second kappa shape index (κ2) is 7.25. The van der Waals surface area contributed by atoms with Crippen molar-refractivity contribution in [2.45, 2.75) is 19.9 Å². The summed E-state index contributed by atoms with van der Waals surface area (Å²) in [5.41, 5.74) is 7.60. The lowest BCUT2D eigenvalue weighted by Crippen LogP contribution is -2.41. The third-order valence-electron chi connectivity index (χ3n) is 3.27. The SMILES string of the molecule is CC(C)[C@H](NNC(=O)c1ccccc1)c1ccc(Cl)cc1. The number of rotatable bonds is 5. The molecular weight excluding hydrogens is 284 g/mol. The van der Waals surface area contributed by atoms with Crippen molar-refractivity contribution in [1.29, 1.82) is 0 Å². The van der Waals surface area contributed by atoms with Crippen LogP contribution in [0.25, 0.3) is 0 Å². The smallest absolute Gasteiger partial charge is 0.265 e. The summed E-state index contributed by atoms with van der Waals surface area (Å²) in [5.74, 6) is 0.178. The highest BCUT2D eigenvalue weighted by atomic mass is 35.5. The molecule has 0 aliphatic rings. The van der Waals surface area contributed by atoms with Crippen LogP contribution >= 0.6 is 11.6 Å². The molecule has 1 atom stereocenters. The summed E-state index contributed by atoms with van der Waals surface area (Å²) < 4.78 is 0. The van der Waals surface area contributed by atoms with Crippen LogP contribution in [0, 0.1) is 5.92 Å².